The lowest BCUT2D eigenvalue weighted by molar-refractivity contribution is -0.384. The second-order valence-corrected chi connectivity index (χ2v) is 7.60. The number of carbonyl (C=O) groups excluding carboxylic acids is 2. The Kier molecular flexibility index (Phi) is 7.44. The molecule has 33 heavy (non-hydrogen) atoms. The van der Waals surface area contributed by atoms with Gasteiger partial charge in [-0.3, -0.25) is 19.7 Å². The summed E-state index contributed by atoms with van der Waals surface area (Å²) in [6, 6.07) is 11.4. The Morgan fingerprint density at radius 2 is 1.85 bits per heavy atom. The van der Waals surface area contributed by atoms with Crippen molar-refractivity contribution in [2.45, 2.75) is 19.9 Å². The van der Waals surface area contributed by atoms with E-state index in [1.54, 1.807) is 30.3 Å². The SMILES string of the molecule is CCN(CC)CCN1C(=O)C(=O)/C(=C(/O)c2cccc(OC)c2)C1c1cccc([N+](=O)[O-])c1. The molecular weight excluding hydrogens is 426 g/mol. The van der Waals surface area contributed by atoms with Crippen LogP contribution in [0, 0.1) is 10.1 Å². The van der Waals surface area contributed by atoms with Gasteiger partial charge in [-0.2, -0.15) is 0 Å². The molecule has 1 unspecified atom stereocenters. The highest BCUT2D eigenvalue weighted by atomic mass is 16.6. The van der Waals surface area contributed by atoms with Crippen molar-refractivity contribution in [1.29, 1.82) is 0 Å². The minimum atomic E-state index is -0.952. The Balaban J connectivity index is 2.15. The van der Waals surface area contributed by atoms with Gasteiger partial charge in [0.1, 0.15) is 11.5 Å². The Labute approximate surface area is 192 Å². The van der Waals surface area contributed by atoms with E-state index in [1.807, 2.05) is 13.8 Å². The molecule has 0 saturated carbocycles. The number of amides is 1. The van der Waals surface area contributed by atoms with Crippen molar-refractivity contribution in [1.82, 2.24) is 9.80 Å². The summed E-state index contributed by atoms with van der Waals surface area (Å²) >= 11 is 0. The van der Waals surface area contributed by atoms with Crippen molar-refractivity contribution in [3.8, 4) is 5.75 Å². The van der Waals surface area contributed by atoms with Crippen molar-refractivity contribution in [3.05, 3.63) is 75.3 Å². The molecule has 2 aromatic carbocycles. The summed E-state index contributed by atoms with van der Waals surface area (Å²) in [6.07, 6.45) is 0. The van der Waals surface area contributed by atoms with E-state index in [0.29, 0.717) is 23.4 Å². The van der Waals surface area contributed by atoms with Crippen LogP contribution < -0.4 is 4.74 Å². The molecule has 2 aromatic rings. The number of likely N-dealkylation sites (tertiary alicyclic amines) is 1. The van der Waals surface area contributed by atoms with Crippen molar-refractivity contribution < 1.29 is 24.4 Å². The molecule has 3 rings (SSSR count). The molecule has 0 aliphatic carbocycles. The number of aliphatic hydroxyl groups excluding tert-OH is 1. The molecule has 0 spiro atoms. The summed E-state index contributed by atoms with van der Waals surface area (Å²) in [5.41, 5.74) is 0.426. The molecular formula is C24H27N3O6. The third kappa shape index (κ3) is 4.88. The fourth-order valence-corrected chi connectivity index (χ4v) is 3.98. The lowest BCUT2D eigenvalue weighted by Gasteiger charge is -2.28. The van der Waals surface area contributed by atoms with Crippen LogP contribution in [0.3, 0.4) is 0 Å². The Hall–Kier alpha value is -3.72. The number of hydrogen-bond donors (Lipinski definition) is 1. The molecule has 1 amide bonds. The van der Waals surface area contributed by atoms with E-state index < -0.39 is 22.7 Å². The van der Waals surface area contributed by atoms with Gasteiger partial charge in [0, 0.05) is 30.8 Å². The van der Waals surface area contributed by atoms with Crippen LogP contribution in [0.4, 0.5) is 5.69 Å². The Bertz CT molecular complexity index is 1090. The zero-order valence-electron chi connectivity index (χ0n) is 18.9. The fraction of sp³-hybridized carbons (Fsp3) is 0.333. The van der Waals surface area contributed by atoms with Gasteiger partial charge >= 0.3 is 0 Å². The number of Topliss-reactive ketones (excluding diaryl/α,β-unsaturated/α-hetero) is 1. The molecule has 174 valence electrons. The predicted molar refractivity (Wildman–Crippen MR) is 123 cm³/mol. The lowest BCUT2D eigenvalue weighted by atomic mass is 9.95. The number of nitrogens with zero attached hydrogens (tertiary/aromatic N) is 3. The standard InChI is InChI=1S/C24H27N3O6/c1-4-25(5-2)12-13-26-21(16-8-6-10-18(14-16)27(31)32)20(23(29)24(26)30)22(28)17-9-7-11-19(15-17)33-3/h6-11,14-15,21,28H,4-5,12-13H2,1-3H3/b22-20+. The number of methoxy groups -OCH3 is 1. The van der Waals surface area contributed by atoms with Gasteiger partial charge in [-0.25, -0.2) is 0 Å². The third-order valence-electron chi connectivity index (χ3n) is 5.83. The molecule has 1 heterocycles. The molecule has 1 atom stereocenters. The Morgan fingerprint density at radius 3 is 2.48 bits per heavy atom. The monoisotopic (exact) mass is 453 g/mol. The van der Waals surface area contributed by atoms with Gasteiger partial charge in [0.25, 0.3) is 17.4 Å². The predicted octanol–water partition coefficient (Wildman–Crippen LogP) is 3.37. The first-order chi connectivity index (χ1) is 15.8. The number of ether oxygens (including phenoxy) is 1. The number of hydrogen-bond acceptors (Lipinski definition) is 7. The topological polar surface area (TPSA) is 113 Å². The first kappa shape index (κ1) is 23.9. The Morgan fingerprint density at radius 1 is 1.15 bits per heavy atom. The first-order valence-corrected chi connectivity index (χ1v) is 10.7. The van der Waals surface area contributed by atoms with E-state index in [4.69, 9.17) is 4.74 Å². The maximum atomic E-state index is 13.1. The minimum Gasteiger partial charge on any atom is -0.507 e. The number of carbonyl (C=O) groups is 2. The van der Waals surface area contributed by atoms with Crippen LogP contribution >= 0.6 is 0 Å². The van der Waals surface area contributed by atoms with Crippen molar-refractivity contribution in [3.63, 3.8) is 0 Å². The molecule has 0 aromatic heterocycles. The van der Waals surface area contributed by atoms with Crippen molar-refractivity contribution in [2.24, 2.45) is 0 Å². The molecule has 9 heteroatoms. The summed E-state index contributed by atoms with van der Waals surface area (Å²) in [6.45, 7) is 6.29. The van der Waals surface area contributed by atoms with Crippen LogP contribution in [0.1, 0.15) is 31.0 Å². The van der Waals surface area contributed by atoms with Crippen LogP contribution in [-0.4, -0.2) is 64.8 Å². The maximum Gasteiger partial charge on any atom is 0.295 e. The number of benzene rings is 2. The van der Waals surface area contributed by atoms with Gasteiger partial charge < -0.3 is 19.6 Å². The van der Waals surface area contributed by atoms with Gasteiger partial charge in [0.05, 0.1) is 23.6 Å². The number of non-ortho nitro benzene ring substituents is 1. The molecule has 1 saturated heterocycles. The summed E-state index contributed by atoms with van der Waals surface area (Å²) in [7, 11) is 1.48. The average molecular weight is 453 g/mol. The highest BCUT2D eigenvalue weighted by Crippen LogP contribution is 2.40. The highest BCUT2D eigenvalue weighted by molar-refractivity contribution is 6.46. The van der Waals surface area contributed by atoms with E-state index in [1.165, 1.54) is 30.2 Å². The average Bonchev–Trinajstić information content (AvgIpc) is 3.09. The smallest absolute Gasteiger partial charge is 0.295 e. The fourth-order valence-electron chi connectivity index (χ4n) is 3.98. The van der Waals surface area contributed by atoms with Gasteiger partial charge in [-0.15, -0.1) is 0 Å². The van der Waals surface area contributed by atoms with Gasteiger partial charge in [0.2, 0.25) is 0 Å². The zero-order valence-corrected chi connectivity index (χ0v) is 18.9. The summed E-state index contributed by atoms with van der Waals surface area (Å²) < 4.78 is 5.20. The lowest BCUT2D eigenvalue weighted by Crippen LogP contribution is -2.38. The molecule has 0 bridgehead atoms. The van der Waals surface area contributed by atoms with Crippen LogP contribution in [-0.2, 0) is 9.59 Å². The van der Waals surface area contributed by atoms with E-state index in [2.05, 4.69) is 4.90 Å². The molecule has 1 aliphatic rings. The van der Waals surface area contributed by atoms with E-state index in [-0.39, 0.29) is 23.6 Å². The summed E-state index contributed by atoms with van der Waals surface area (Å²) in [5.74, 6) is -1.45. The largest absolute Gasteiger partial charge is 0.507 e. The molecule has 0 radical (unpaired) electrons. The zero-order chi connectivity index (χ0) is 24.1. The molecule has 1 N–H and O–H groups in total. The van der Waals surface area contributed by atoms with Gasteiger partial charge in [0.15, 0.2) is 0 Å². The van der Waals surface area contributed by atoms with Crippen LogP contribution in [0.5, 0.6) is 5.75 Å². The summed E-state index contributed by atoms with van der Waals surface area (Å²) in [4.78, 5) is 40.4. The normalized spacial score (nSPS) is 17.6. The van der Waals surface area contributed by atoms with Crippen LogP contribution in [0.2, 0.25) is 0 Å². The van der Waals surface area contributed by atoms with Crippen LogP contribution in [0.25, 0.3) is 5.76 Å². The van der Waals surface area contributed by atoms with Crippen molar-refractivity contribution in [2.75, 3.05) is 33.3 Å². The van der Waals surface area contributed by atoms with E-state index >= 15 is 0 Å². The van der Waals surface area contributed by atoms with Crippen LogP contribution in [0.15, 0.2) is 54.1 Å². The molecule has 1 fully saturated rings. The first-order valence-electron chi connectivity index (χ1n) is 10.7. The number of nitro benzene ring substituents is 1. The minimum absolute atomic E-state index is 0.103. The highest BCUT2D eigenvalue weighted by Gasteiger charge is 2.46. The maximum absolute atomic E-state index is 13.1. The number of aliphatic hydroxyl groups is 1. The van der Waals surface area contributed by atoms with Gasteiger partial charge in [-0.05, 0) is 30.8 Å². The molecule has 1 aliphatic heterocycles. The third-order valence-corrected chi connectivity index (χ3v) is 5.83. The van der Waals surface area contributed by atoms with E-state index in [9.17, 15) is 24.8 Å². The second kappa shape index (κ2) is 10.3. The van der Waals surface area contributed by atoms with Crippen molar-refractivity contribution >= 4 is 23.1 Å². The summed E-state index contributed by atoms with van der Waals surface area (Å²) in [5, 5.41) is 22.5. The number of rotatable bonds is 9. The quantitative estimate of drug-likeness (QED) is 0.204. The van der Waals surface area contributed by atoms with E-state index in [0.717, 1.165) is 13.1 Å². The number of ketones is 1. The second-order valence-electron chi connectivity index (χ2n) is 7.60. The number of nitro groups is 1. The molecule has 9 nitrogen and oxygen atoms in total. The number of likely N-dealkylation sites (N-methyl/N-ethyl adjacent to an activating group) is 1. The van der Waals surface area contributed by atoms with Gasteiger partial charge in [-0.1, -0.05) is 38.1 Å².